The molecule has 4 aromatic rings. The van der Waals surface area contributed by atoms with E-state index in [1.807, 2.05) is 11.1 Å². The maximum atomic E-state index is 12.3. The Morgan fingerprint density at radius 2 is 1.72 bits per heavy atom. The minimum Gasteiger partial charge on any atom is -0.491 e. The second-order valence-electron chi connectivity index (χ2n) is 16.1. The first kappa shape index (κ1) is 30.6. The van der Waals surface area contributed by atoms with E-state index in [1.165, 1.54) is 66.9 Å². The molecule has 7 heterocycles. The van der Waals surface area contributed by atoms with E-state index in [1.54, 1.807) is 0 Å². The highest BCUT2D eigenvalue weighted by atomic mass is 16.5. The average molecular weight is 673 g/mol. The Morgan fingerprint density at radius 1 is 0.980 bits per heavy atom. The number of hydrogen-bond acceptors (Lipinski definition) is 8. The molecule has 2 aromatic carbocycles. The molecular weight excluding hydrogens is 624 g/mol. The molecule has 1 amide bonds. The summed E-state index contributed by atoms with van der Waals surface area (Å²) in [5.74, 6) is 3.28. The average Bonchev–Trinajstić information content (AvgIpc) is 3.53. The van der Waals surface area contributed by atoms with Gasteiger partial charge in [0.25, 0.3) is 0 Å². The number of carbonyl (C=O) groups is 1. The summed E-state index contributed by atoms with van der Waals surface area (Å²) in [5, 5.41) is 9.88. The first-order valence-electron chi connectivity index (χ1n) is 19.1. The van der Waals surface area contributed by atoms with Gasteiger partial charge < -0.3 is 19.4 Å². The van der Waals surface area contributed by atoms with Crippen LogP contribution in [-0.2, 0) is 4.79 Å². The molecule has 1 saturated carbocycles. The lowest BCUT2D eigenvalue weighted by atomic mass is 9.72. The van der Waals surface area contributed by atoms with Crippen LogP contribution >= 0.6 is 0 Å². The van der Waals surface area contributed by atoms with Gasteiger partial charge in [-0.2, -0.15) is 10.1 Å². The van der Waals surface area contributed by atoms with Crippen LogP contribution in [0.15, 0.2) is 37.1 Å². The number of carbonyl (C=O) groups excluding carboxylic acids is 1. The number of aryl methyl sites for hydroxylation is 1. The van der Waals surface area contributed by atoms with Crippen LogP contribution in [0.3, 0.4) is 0 Å². The summed E-state index contributed by atoms with van der Waals surface area (Å²) >= 11 is 0. The van der Waals surface area contributed by atoms with Crippen molar-refractivity contribution in [2.75, 3.05) is 55.7 Å². The first-order valence-corrected chi connectivity index (χ1v) is 19.1. The molecule has 5 saturated heterocycles. The van der Waals surface area contributed by atoms with Crippen LogP contribution in [0, 0.1) is 12.3 Å². The summed E-state index contributed by atoms with van der Waals surface area (Å²) in [6.45, 7) is 14.0. The van der Waals surface area contributed by atoms with Gasteiger partial charge in [-0.1, -0.05) is 12.6 Å². The number of benzene rings is 2. The van der Waals surface area contributed by atoms with Crippen LogP contribution in [-0.4, -0.2) is 99.9 Å². The van der Waals surface area contributed by atoms with Crippen molar-refractivity contribution in [2.45, 2.75) is 89.3 Å². The molecule has 0 atom stereocenters. The number of rotatable bonds is 8. The van der Waals surface area contributed by atoms with Crippen LogP contribution in [0.25, 0.3) is 32.9 Å². The second-order valence-corrected chi connectivity index (χ2v) is 16.1. The topological polar surface area (TPSA) is 93.7 Å². The number of nitrogens with zero attached hydrogens (tertiary/aromatic N) is 7. The highest BCUT2D eigenvalue weighted by Crippen LogP contribution is 2.53. The van der Waals surface area contributed by atoms with Gasteiger partial charge in [0.15, 0.2) is 5.75 Å². The van der Waals surface area contributed by atoms with Gasteiger partial charge in [-0.15, -0.1) is 0 Å². The Labute approximate surface area is 293 Å². The lowest BCUT2D eigenvalue weighted by Gasteiger charge is -2.54. The minimum atomic E-state index is 0.0486. The molecule has 1 spiro atoms. The highest BCUT2D eigenvalue weighted by molar-refractivity contribution is 6.06. The van der Waals surface area contributed by atoms with Gasteiger partial charge in [-0.25, -0.2) is 4.98 Å². The van der Waals surface area contributed by atoms with Crippen LogP contribution in [0.2, 0.25) is 0 Å². The van der Waals surface area contributed by atoms with Gasteiger partial charge >= 0.3 is 0 Å². The van der Waals surface area contributed by atoms with E-state index < -0.39 is 0 Å². The number of nitrogens with one attached hydrogen (secondary N) is 1. The van der Waals surface area contributed by atoms with Crippen molar-refractivity contribution in [3.05, 3.63) is 48.2 Å². The minimum absolute atomic E-state index is 0.0486. The van der Waals surface area contributed by atoms with E-state index in [0.29, 0.717) is 18.6 Å². The fourth-order valence-corrected chi connectivity index (χ4v) is 10.2. The smallest absolute Gasteiger partial charge is 0.245 e. The summed E-state index contributed by atoms with van der Waals surface area (Å²) in [7, 11) is 0. The van der Waals surface area contributed by atoms with Crippen LogP contribution in [0.1, 0.15) is 75.3 Å². The molecule has 0 radical (unpaired) electrons. The first-order chi connectivity index (χ1) is 24.4. The number of piperidine rings is 1. The predicted molar refractivity (Wildman–Crippen MR) is 197 cm³/mol. The molecule has 6 aliphatic rings. The Balaban J connectivity index is 1.09. The van der Waals surface area contributed by atoms with E-state index in [0.717, 1.165) is 104 Å². The number of ether oxygens (including phenoxy) is 1. The van der Waals surface area contributed by atoms with Gasteiger partial charge in [0.2, 0.25) is 11.9 Å². The Morgan fingerprint density at radius 3 is 2.40 bits per heavy atom. The summed E-state index contributed by atoms with van der Waals surface area (Å²) in [6, 6.07) is 8.87. The molecular formula is C40H48N8O2. The normalized spacial score (nSPS) is 24.7. The summed E-state index contributed by atoms with van der Waals surface area (Å²) in [6.07, 6.45) is 13.3. The van der Waals surface area contributed by atoms with E-state index in [-0.39, 0.29) is 11.3 Å². The number of hydrogen-bond donors (Lipinski definition) is 1. The van der Waals surface area contributed by atoms with Gasteiger partial charge in [0.05, 0.1) is 18.3 Å². The van der Waals surface area contributed by atoms with Crippen LogP contribution in [0.5, 0.6) is 5.75 Å². The maximum Gasteiger partial charge on any atom is 0.245 e. The summed E-state index contributed by atoms with van der Waals surface area (Å²) < 4.78 is 6.76. The number of aromatic nitrogens is 4. The lowest BCUT2D eigenvalue weighted by molar-refractivity contribution is -0.139. The number of fused-ring (bicyclic) bond motifs is 4. The third-order valence-corrected chi connectivity index (χ3v) is 13.1. The quantitative estimate of drug-likeness (QED) is 0.222. The monoisotopic (exact) mass is 672 g/mol. The van der Waals surface area contributed by atoms with Crippen molar-refractivity contribution in [3.8, 4) is 16.9 Å². The molecule has 1 aliphatic carbocycles. The Hall–Kier alpha value is -4.18. The van der Waals surface area contributed by atoms with Crippen molar-refractivity contribution in [1.82, 2.24) is 30.0 Å². The third kappa shape index (κ3) is 4.69. The standard InChI is InChI=1S/C40H48N8O2/c1-4-33(49)47-22-40(23-47)14-16-45(17-15-40)38-30-18-29(25-7-8-25)35(34-24(3)6-13-32-31(34)19-41-44-32)37(50-5-2)36(30)42-39(43-38)46-20-28(21-46)48-26-9-10-27(48)12-11-26/h4,6,13,18-19,25-28H,1,5,7-12,14-17,20-23H2,2-3H3,(H,41,44). The zero-order chi connectivity index (χ0) is 33.7. The third-order valence-electron chi connectivity index (χ3n) is 13.1. The second kappa shape index (κ2) is 11.4. The summed E-state index contributed by atoms with van der Waals surface area (Å²) in [5.41, 5.74) is 7.08. The molecule has 6 fully saturated rings. The molecule has 10 nitrogen and oxygen atoms in total. The van der Waals surface area contributed by atoms with E-state index in [2.05, 4.69) is 63.5 Å². The predicted octanol–water partition coefficient (Wildman–Crippen LogP) is 6.19. The largest absolute Gasteiger partial charge is 0.491 e. The van der Waals surface area contributed by atoms with Crippen molar-refractivity contribution in [2.24, 2.45) is 5.41 Å². The zero-order valence-electron chi connectivity index (χ0n) is 29.5. The molecule has 260 valence electrons. The van der Waals surface area contributed by atoms with E-state index in [9.17, 15) is 4.79 Å². The summed E-state index contributed by atoms with van der Waals surface area (Å²) in [4.78, 5) is 32.9. The van der Waals surface area contributed by atoms with Crippen LogP contribution < -0.4 is 14.5 Å². The zero-order valence-corrected chi connectivity index (χ0v) is 29.5. The Bertz CT molecular complexity index is 1990. The van der Waals surface area contributed by atoms with Crippen LogP contribution in [0.4, 0.5) is 11.8 Å². The van der Waals surface area contributed by atoms with Gasteiger partial charge in [0.1, 0.15) is 11.3 Å². The van der Waals surface area contributed by atoms with Crippen molar-refractivity contribution >= 4 is 39.5 Å². The van der Waals surface area contributed by atoms with Gasteiger partial charge in [-0.3, -0.25) is 14.8 Å². The number of H-pyrrole nitrogens is 1. The fourth-order valence-electron chi connectivity index (χ4n) is 10.2. The Kier molecular flexibility index (Phi) is 6.99. The fraction of sp³-hybridized carbons (Fsp3) is 0.550. The van der Waals surface area contributed by atoms with E-state index in [4.69, 9.17) is 14.7 Å². The molecule has 10 rings (SSSR count). The van der Waals surface area contributed by atoms with Crippen molar-refractivity contribution in [1.29, 1.82) is 0 Å². The maximum absolute atomic E-state index is 12.3. The molecule has 10 heteroatoms. The lowest BCUT2D eigenvalue weighted by Crippen LogP contribution is -2.62. The molecule has 1 N–H and O–H groups in total. The molecule has 50 heavy (non-hydrogen) atoms. The van der Waals surface area contributed by atoms with Gasteiger partial charge in [0, 0.05) is 79.1 Å². The van der Waals surface area contributed by atoms with Gasteiger partial charge in [-0.05, 0) is 106 Å². The number of aromatic amines is 1. The highest BCUT2D eigenvalue weighted by Gasteiger charge is 2.48. The number of likely N-dealkylation sites (tertiary alicyclic amines) is 1. The SMILES string of the molecule is C=CC(=O)N1CC2(CCN(c3nc(N4CC(N5C6CCC5CC6)C4)nc4c(OCC)c(-c5c(C)ccc6[nH]ncc56)c(C5CC5)cc34)CC2)C1. The molecule has 2 aromatic heterocycles. The van der Waals surface area contributed by atoms with E-state index >= 15 is 0 Å². The van der Waals surface area contributed by atoms with Crippen molar-refractivity contribution < 1.29 is 9.53 Å². The number of anilines is 2. The molecule has 0 unspecified atom stereocenters. The molecule has 2 bridgehead atoms. The molecule has 5 aliphatic heterocycles. The van der Waals surface area contributed by atoms with Crippen molar-refractivity contribution in [3.63, 3.8) is 0 Å². The number of amides is 1.